The van der Waals surface area contributed by atoms with Gasteiger partial charge in [0.25, 0.3) is 9.05 Å². The summed E-state index contributed by atoms with van der Waals surface area (Å²) in [5, 5.41) is 0. The van der Waals surface area contributed by atoms with E-state index < -0.39 is 9.05 Å². The minimum Gasteiger partial charge on any atom is -0.492 e. The van der Waals surface area contributed by atoms with Gasteiger partial charge < -0.3 is 4.74 Å². The third kappa shape index (κ3) is 2.92. The zero-order valence-electron chi connectivity index (χ0n) is 11.5. The van der Waals surface area contributed by atoms with Gasteiger partial charge in [-0.25, -0.2) is 8.42 Å². The van der Waals surface area contributed by atoms with Gasteiger partial charge in [-0.2, -0.15) is 0 Å². The molecule has 3 rings (SSSR count). The van der Waals surface area contributed by atoms with Crippen LogP contribution in [0.1, 0.15) is 22.6 Å². The van der Waals surface area contributed by atoms with Crippen LogP contribution in [0.3, 0.4) is 0 Å². The highest BCUT2D eigenvalue weighted by atomic mass is 35.7. The lowest BCUT2D eigenvalue weighted by molar-refractivity contribution is 0.269. The Morgan fingerprint density at radius 3 is 2.71 bits per heavy atom. The number of ether oxygens (including phenoxy) is 1. The smallest absolute Gasteiger partial charge is 0.264 e. The van der Waals surface area contributed by atoms with E-state index in [0.717, 1.165) is 12.0 Å². The molecular weight excluding hydrogens is 308 g/mol. The second-order valence-corrected chi connectivity index (χ2v) is 7.83. The third-order valence-electron chi connectivity index (χ3n) is 3.76. The topological polar surface area (TPSA) is 43.4 Å². The van der Waals surface area contributed by atoms with Crippen LogP contribution in [0, 0.1) is 6.92 Å². The largest absolute Gasteiger partial charge is 0.492 e. The van der Waals surface area contributed by atoms with Crippen molar-refractivity contribution in [2.75, 3.05) is 6.61 Å². The number of halogens is 1. The normalized spacial score (nSPS) is 17.0. The second kappa shape index (κ2) is 5.35. The maximum absolute atomic E-state index is 11.6. The van der Waals surface area contributed by atoms with Gasteiger partial charge in [0.2, 0.25) is 0 Å². The Morgan fingerprint density at radius 1 is 1.24 bits per heavy atom. The predicted octanol–water partition coefficient (Wildman–Crippen LogP) is 3.64. The summed E-state index contributed by atoms with van der Waals surface area (Å²) in [7, 11) is 1.67. The number of rotatable bonds is 4. The Morgan fingerprint density at radius 2 is 2.00 bits per heavy atom. The van der Waals surface area contributed by atoms with Gasteiger partial charge >= 0.3 is 0 Å². The number of fused-ring (bicyclic) bond motifs is 1. The molecule has 0 bridgehead atoms. The van der Waals surface area contributed by atoms with Crippen LogP contribution in [-0.4, -0.2) is 15.0 Å². The standard InChI is InChI=1S/C16H15ClO3S/c1-11-6-7-15(16(8-11)21(17,18)19)20-10-13-9-12-4-2-3-5-14(12)13/h2-8,13H,9-10H2,1H3. The van der Waals surface area contributed by atoms with Gasteiger partial charge in [-0.15, -0.1) is 0 Å². The summed E-state index contributed by atoms with van der Waals surface area (Å²) in [6.45, 7) is 2.27. The van der Waals surface area contributed by atoms with E-state index in [1.807, 2.05) is 25.1 Å². The molecule has 0 N–H and O–H groups in total. The fourth-order valence-corrected chi connectivity index (χ4v) is 3.68. The first kappa shape index (κ1) is 14.4. The summed E-state index contributed by atoms with van der Waals surface area (Å²) in [5.41, 5.74) is 3.44. The number of hydrogen-bond acceptors (Lipinski definition) is 3. The van der Waals surface area contributed by atoms with E-state index in [4.69, 9.17) is 15.4 Å². The van der Waals surface area contributed by atoms with Crippen LogP contribution in [0.25, 0.3) is 0 Å². The maximum atomic E-state index is 11.6. The Balaban J connectivity index is 1.78. The van der Waals surface area contributed by atoms with Crippen molar-refractivity contribution in [2.24, 2.45) is 0 Å². The molecule has 1 unspecified atom stereocenters. The van der Waals surface area contributed by atoms with E-state index >= 15 is 0 Å². The molecule has 0 radical (unpaired) electrons. The Labute approximate surface area is 128 Å². The molecule has 110 valence electrons. The molecule has 3 nitrogen and oxygen atoms in total. The molecule has 0 aliphatic heterocycles. The zero-order chi connectivity index (χ0) is 15.0. The van der Waals surface area contributed by atoms with Crippen molar-refractivity contribution in [1.29, 1.82) is 0 Å². The van der Waals surface area contributed by atoms with Crippen LogP contribution in [0.5, 0.6) is 5.75 Å². The van der Waals surface area contributed by atoms with E-state index in [1.54, 1.807) is 6.07 Å². The van der Waals surface area contributed by atoms with Crippen LogP contribution < -0.4 is 4.74 Å². The van der Waals surface area contributed by atoms with Gasteiger partial charge in [0.15, 0.2) is 0 Å². The van der Waals surface area contributed by atoms with E-state index in [9.17, 15) is 8.42 Å². The van der Waals surface area contributed by atoms with Crippen LogP contribution in [-0.2, 0) is 15.5 Å². The van der Waals surface area contributed by atoms with Crippen LogP contribution >= 0.6 is 10.7 Å². The minimum atomic E-state index is -3.81. The molecular formula is C16H15ClO3S. The average Bonchev–Trinajstić information content (AvgIpc) is 2.40. The van der Waals surface area contributed by atoms with E-state index in [2.05, 4.69) is 12.1 Å². The predicted molar refractivity (Wildman–Crippen MR) is 82.6 cm³/mol. The lowest BCUT2D eigenvalue weighted by Crippen LogP contribution is -2.23. The SMILES string of the molecule is Cc1ccc(OCC2Cc3ccccc32)c(S(=O)(=O)Cl)c1. The number of hydrogen-bond donors (Lipinski definition) is 0. The van der Waals surface area contributed by atoms with Crippen molar-refractivity contribution < 1.29 is 13.2 Å². The quantitative estimate of drug-likeness (QED) is 0.807. The first-order valence-electron chi connectivity index (χ1n) is 6.71. The Hall–Kier alpha value is -1.52. The van der Waals surface area contributed by atoms with Crippen molar-refractivity contribution >= 4 is 19.7 Å². The molecule has 2 aromatic rings. The summed E-state index contributed by atoms with van der Waals surface area (Å²) >= 11 is 0. The highest BCUT2D eigenvalue weighted by molar-refractivity contribution is 8.13. The van der Waals surface area contributed by atoms with Crippen LogP contribution in [0.4, 0.5) is 0 Å². The Bertz CT molecular complexity index is 784. The fraction of sp³-hybridized carbons (Fsp3) is 0.250. The van der Waals surface area contributed by atoms with Gasteiger partial charge in [0, 0.05) is 16.6 Å². The van der Waals surface area contributed by atoms with Gasteiger partial charge in [-0.3, -0.25) is 0 Å². The molecule has 0 saturated carbocycles. The summed E-state index contributed by atoms with van der Waals surface area (Å²) in [6.07, 6.45) is 0.963. The van der Waals surface area contributed by atoms with Gasteiger partial charge in [0.05, 0.1) is 6.61 Å². The van der Waals surface area contributed by atoms with Crippen LogP contribution in [0.15, 0.2) is 47.4 Å². The summed E-state index contributed by atoms with van der Waals surface area (Å²) < 4.78 is 29.0. The molecule has 0 spiro atoms. The maximum Gasteiger partial charge on any atom is 0.264 e. The van der Waals surface area contributed by atoms with Crippen molar-refractivity contribution in [3.63, 3.8) is 0 Å². The zero-order valence-corrected chi connectivity index (χ0v) is 13.1. The van der Waals surface area contributed by atoms with Crippen molar-refractivity contribution in [3.05, 3.63) is 59.2 Å². The van der Waals surface area contributed by atoms with Gasteiger partial charge in [-0.1, -0.05) is 30.3 Å². The highest BCUT2D eigenvalue weighted by Crippen LogP contribution is 2.36. The number of aryl methyl sites for hydroxylation is 1. The number of benzene rings is 2. The van der Waals surface area contributed by atoms with Crippen molar-refractivity contribution in [3.8, 4) is 5.75 Å². The molecule has 1 aliphatic carbocycles. The van der Waals surface area contributed by atoms with Crippen molar-refractivity contribution in [2.45, 2.75) is 24.2 Å². The third-order valence-corrected chi connectivity index (χ3v) is 5.11. The second-order valence-electron chi connectivity index (χ2n) is 5.30. The molecule has 21 heavy (non-hydrogen) atoms. The lowest BCUT2D eigenvalue weighted by Gasteiger charge is -2.30. The Kier molecular flexibility index (Phi) is 3.68. The van der Waals surface area contributed by atoms with E-state index in [1.165, 1.54) is 17.2 Å². The molecule has 0 amide bonds. The van der Waals surface area contributed by atoms with E-state index in [-0.39, 0.29) is 4.90 Å². The molecule has 0 heterocycles. The minimum absolute atomic E-state index is 0.0387. The first-order chi connectivity index (χ1) is 9.95. The molecule has 1 aliphatic rings. The molecule has 1 atom stereocenters. The molecule has 0 aromatic heterocycles. The summed E-state index contributed by atoms with van der Waals surface area (Å²) in [6, 6.07) is 13.2. The van der Waals surface area contributed by atoms with Crippen molar-refractivity contribution in [1.82, 2.24) is 0 Å². The fourth-order valence-electron chi connectivity index (χ4n) is 2.63. The summed E-state index contributed by atoms with van der Waals surface area (Å²) in [5.74, 6) is 0.633. The molecule has 5 heteroatoms. The van der Waals surface area contributed by atoms with E-state index in [0.29, 0.717) is 18.3 Å². The first-order valence-corrected chi connectivity index (χ1v) is 9.02. The average molecular weight is 323 g/mol. The lowest BCUT2D eigenvalue weighted by atomic mass is 9.78. The molecule has 2 aromatic carbocycles. The monoisotopic (exact) mass is 322 g/mol. The molecule has 0 fully saturated rings. The highest BCUT2D eigenvalue weighted by Gasteiger charge is 2.27. The van der Waals surface area contributed by atoms with Gasteiger partial charge in [-0.05, 0) is 42.2 Å². The molecule has 0 saturated heterocycles. The van der Waals surface area contributed by atoms with Gasteiger partial charge in [0.1, 0.15) is 10.6 Å². The van der Waals surface area contributed by atoms with Crippen LogP contribution in [0.2, 0.25) is 0 Å². The summed E-state index contributed by atoms with van der Waals surface area (Å²) in [4.78, 5) is 0.0387.